The number of hydrogen-bond donors (Lipinski definition) is 3. The second-order valence-corrected chi connectivity index (χ2v) is 15.2. The molecule has 0 spiro atoms. The van der Waals surface area contributed by atoms with Crippen LogP contribution in [0.3, 0.4) is 0 Å². The molecular formula is C44H43N4O10P. The van der Waals surface area contributed by atoms with Crippen LogP contribution in [0.4, 0.5) is 0 Å². The first-order valence-electron chi connectivity index (χ1n) is 18.5. The van der Waals surface area contributed by atoms with Crippen molar-refractivity contribution in [3.05, 3.63) is 189 Å². The maximum absolute atomic E-state index is 14.4. The summed E-state index contributed by atoms with van der Waals surface area (Å²) in [7, 11) is -1.05. The van der Waals surface area contributed by atoms with Crippen LogP contribution in [0.15, 0.2) is 155 Å². The Hall–Kier alpha value is -6.89. The Morgan fingerprint density at radius 2 is 1.17 bits per heavy atom. The van der Waals surface area contributed by atoms with E-state index in [4.69, 9.17) is 23.3 Å². The summed E-state index contributed by atoms with van der Waals surface area (Å²) in [4.78, 5) is 54.9. The van der Waals surface area contributed by atoms with E-state index in [9.17, 15) is 23.7 Å². The molecule has 1 aromatic heterocycles. The van der Waals surface area contributed by atoms with Crippen LogP contribution < -0.4 is 40.4 Å². The van der Waals surface area contributed by atoms with Gasteiger partial charge in [-0.1, -0.05) is 91.0 Å². The predicted molar refractivity (Wildman–Crippen MR) is 221 cm³/mol. The molecule has 14 nitrogen and oxygen atoms in total. The number of para-hydroxylation sites is 2. The molecule has 1 atom stereocenters. The third-order valence-corrected chi connectivity index (χ3v) is 10.7. The first-order chi connectivity index (χ1) is 28.5. The molecule has 0 aliphatic heterocycles. The molecule has 0 fully saturated rings. The number of aromatic nitrogens is 2. The van der Waals surface area contributed by atoms with E-state index in [1.165, 1.54) is 13.1 Å². The van der Waals surface area contributed by atoms with Crippen molar-refractivity contribution in [3.8, 4) is 23.0 Å². The number of aromatic amines is 1. The average molecular weight is 819 g/mol. The topological polar surface area (TPSA) is 176 Å². The Bertz CT molecular complexity index is 2400. The SMILES string of the molecule is COc1ccc(C(OC[C@H](NC(=O)Cn2cc(C)c(=O)[nH]c2=O)C(=O)NCP(=O)(Oc2ccccc2)Oc2ccccc2)(c2ccccc2)c2ccc(OC)cc2)cc1. The molecule has 0 aliphatic carbocycles. The van der Waals surface area contributed by atoms with Crippen molar-refractivity contribution in [1.82, 2.24) is 20.2 Å². The average Bonchev–Trinajstić information content (AvgIpc) is 3.26. The van der Waals surface area contributed by atoms with E-state index >= 15 is 0 Å². The largest absolute Gasteiger partial charge is 0.497 e. The van der Waals surface area contributed by atoms with Gasteiger partial charge in [-0.05, 0) is 72.1 Å². The lowest BCUT2D eigenvalue weighted by Gasteiger charge is -2.37. The van der Waals surface area contributed by atoms with Gasteiger partial charge in [0, 0.05) is 11.8 Å². The molecule has 15 heteroatoms. The highest BCUT2D eigenvalue weighted by molar-refractivity contribution is 7.54. The zero-order valence-corrected chi connectivity index (χ0v) is 33.4. The molecule has 5 aromatic carbocycles. The molecule has 6 rings (SSSR count). The predicted octanol–water partition coefficient (Wildman–Crippen LogP) is 5.78. The summed E-state index contributed by atoms with van der Waals surface area (Å²) in [6.45, 7) is 0.493. The molecule has 0 saturated heterocycles. The van der Waals surface area contributed by atoms with E-state index in [1.54, 1.807) is 99.1 Å². The minimum absolute atomic E-state index is 0.203. The fourth-order valence-corrected chi connectivity index (χ4v) is 7.66. The van der Waals surface area contributed by atoms with Gasteiger partial charge in [0.15, 0.2) is 0 Å². The summed E-state index contributed by atoms with van der Waals surface area (Å²) in [6.07, 6.45) is 0.638. The van der Waals surface area contributed by atoms with Crippen LogP contribution in [0, 0.1) is 6.92 Å². The van der Waals surface area contributed by atoms with E-state index < -0.39 is 61.7 Å². The quantitative estimate of drug-likeness (QED) is 0.0712. The van der Waals surface area contributed by atoms with Gasteiger partial charge in [-0.3, -0.25) is 23.9 Å². The zero-order valence-electron chi connectivity index (χ0n) is 32.5. The summed E-state index contributed by atoms with van der Waals surface area (Å²) in [5.74, 6) is 0.115. The summed E-state index contributed by atoms with van der Waals surface area (Å²) >= 11 is 0. The van der Waals surface area contributed by atoms with Crippen LogP contribution in [0.5, 0.6) is 23.0 Å². The number of aryl methyl sites for hydroxylation is 1. The molecule has 1 heterocycles. The summed E-state index contributed by atoms with van der Waals surface area (Å²) in [5.41, 5.74) is -0.584. The number of ether oxygens (including phenoxy) is 3. The van der Waals surface area contributed by atoms with Crippen molar-refractivity contribution in [3.63, 3.8) is 0 Å². The molecule has 3 N–H and O–H groups in total. The van der Waals surface area contributed by atoms with Crippen LogP contribution in [0.1, 0.15) is 22.3 Å². The monoisotopic (exact) mass is 818 g/mol. The molecule has 59 heavy (non-hydrogen) atoms. The van der Waals surface area contributed by atoms with Gasteiger partial charge in [0.1, 0.15) is 47.5 Å². The number of amides is 2. The lowest BCUT2D eigenvalue weighted by atomic mass is 9.80. The minimum Gasteiger partial charge on any atom is -0.497 e. The summed E-state index contributed by atoms with van der Waals surface area (Å²) in [5, 5.41) is 5.34. The number of hydrogen-bond acceptors (Lipinski definition) is 10. The lowest BCUT2D eigenvalue weighted by molar-refractivity contribution is -0.132. The van der Waals surface area contributed by atoms with Crippen molar-refractivity contribution in [2.75, 3.05) is 27.1 Å². The summed E-state index contributed by atoms with van der Waals surface area (Å²) < 4.78 is 45.0. The first-order valence-corrected chi connectivity index (χ1v) is 20.2. The van der Waals surface area contributed by atoms with Crippen molar-refractivity contribution in [1.29, 1.82) is 0 Å². The number of methoxy groups -OCH3 is 2. The van der Waals surface area contributed by atoms with Gasteiger partial charge in [-0.15, -0.1) is 0 Å². The molecular weight excluding hydrogens is 775 g/mol. The Morgan fingerprint density at radius 3 is 1.66 bits per heavy atom. The third kappa shape index (κ3) is 10.4. The zero-order chi connectivity index (χ0) is 41.8. The maximum atomic E-state index is 14.4. The van der Waals surface area contributed by atoms with E-state index in [2.05, 4.69) is 15.6 Å². The Balaban J connectivity index is 1.38. The second-order valence-electron chi connectivity index (χ2n) is 13.3. The number of benzene rings is 5. The fourth-order valence-electron chi connectivity index (χ4n) is 6.26. The Kier molecular flexibility index (Phi) is 13.5. The van der Waals surface area contributed by atoms with Crippen LogP contribution in [0.25, 0.3) is 0 Å². The van der Waals surface area contributed by atoms with E-state index in [1.807, 2.05) is 54.6 Å². The normalized spacial score (nSPS) is 11.8. The number of nitrogens with one attached hydrogen (secondary N) is 3. The van der Waals surface area contributed by atoms with E-state index in [0.717, 1.165) is 4.57 Å². The van der Waals surface area contributed by atoms with Gasteiger partial charge >= 0.3 is 13.3 Å². The van der Waals surface area contributed by atoms with Gasteiger partial charge in [0.25, 0.3) is 5.56 Å². The van der Waals surface area contributed by atoms with Crippen LogP contribution in [0.2, 0.25) is 0 Å². The molecule has 0 saturated carbocycles. The fraction of sp³-hybridized carbons (Fsp3) is 0.182. The van der Waals surface area contributed by atoms with Gasteiger partial charge in [0.05, 0.1) is 20.8 Å². The molecule has 6 aromatic rings. The maximum Gasteiger partial charge on any atom is 0.449 e. The smallest absolute Gasteiger partial charge is 0.449 e. The van der Waals surface area contributed by atoms with Crippen LogP contribution in [-0.2, 0) is 31.0 Å². The molecule has 304 valence electrons. The number of rotatable bonds is 18. The molecule has 2 amide bonds. The number of carbonyl (C=O) groups excluding carboxylic acids is 2. The lowest BCUT2D eigenvalue weighted by Crippen LogP contribution is -2.52. The number of H-pyrrole nitrogens is 1. The van der Waals surface area contributed by atoms with E-state index in [0.29, 0.717) is 28.2 Å². The Labute approximate surface area is 340 Å². The highest BCUT2D eigenvalue weighted by Crippen LogP contribution is 2.47. The number of nitrogens with zero attached hydrogens (tertiary/aromatic N) is 1. The van der Waals surface area contributed by atoms with Gasteiger partial charge in [0.2, 0.25) is 11.8 Å². The van der Waals surface area contributed by atoms with Crippen molar-refractivity contribution >= 4 is 19.4 Å². The molecule has 0 radical (unpaired) electrons. The first kappa shape index (κ1) is 41.7. The van der Waals surface area contributed by atoms with Crippen LogP contribution >= 0.6 is 7.60 Å². The number of carbonyl (C=O) groups is 2. The molecule has 0 unspecified atom stereocenters. The Morgan fingerprint density at radius 1 is 0.695 bits per heavy atom. The van der Waals surface area contributed by atoms with Gasteiger partial charge < -0.3 is 33.9 Å². The van der Waals surface area contributed by atoms with Gasteiger partial charge in [-0.25, -0.2) is 9.36 Å². The van der Waals surface area contributed by atoms with Crippen molar-refractivity contribution in [2.45, 2.75) is 25.1 Å². The highest BCUT2D eigenvalue weighted by Gasteiger charge is 2.40. The molecule has 0 bridgehead atoms. The summed E-state index contributed by atoms with van der Waals surface area (Å²) in [6, 6.07) is 39.1. The third-order valence-electron chi connectivity index (χ3n) is 9.22. The highest BCUT2D eigenvalue weighted by atomic mass is 31.2. The van der Waals surface area contributed by atoms with Crippen molar-refractivity contribution in [2.24, 2.45) is 0 Å². The van der Waals surface area contributed by atoms with Gasteiger partial charge in [-0.2, -0.15) is 0 Å². The van der Waals surface area contributed by atoms with Crippen LogP contribution in [-0.4, -0.2) is 54.5 Å². The van der Waals surface area contributed by atoms with Crippen molar-refractivity contribution < 1.29 is 37.4 Å². The minimum atomic E-state index is -4.16. The second kappa shape index (κ2) is 19.0. The standard InChI is InChI=1S/C44H43N4O10P/c1-31-27-48(43(52)47-41(31)50)28-40(49)46-39(42(51)45-30-59(53,57-37-15-9-5-10-16-37)58-38-17-11-6-12-18-38)29-56-44(32-13-7-4-8-14-32,33-19-23-35(54-2)24-20-33)34-21-25-36(55-3)26-22-34/h4-27,39H,28-30H2,1-3H3,(H,45,51)(H,46,49)(H,47,50,52)/t39-/m0/s1. The molecule has 0 aliphatic rings. The van der Waals surface area contributed by atoms with E-state index in [-0.39, 0.29) is 17.1 Å².